The van der Waals surface area contributed by atoms with Crippen LogP contribution in [0.4, 0.5) is 0 Å². The summed E-state index contributed by atoms with van der Waals surface area (Å²) in [5.41, 5.74) is 1.37. The first-order valence-corrected chi connectivity index (χ1v) is 9.18. The Balaban J connectivity index is 2.05. The third kappa shape index (κ3) is 5.08. The fourth-order valence-corrected chi connectivity index (χ4v) is 3.01. The van der Waals surface area contributed by atoms with Gasteiger partial charge in [0.15, 0.2) is 0 Å². The van der Waals surface area contributed by atoms with Crippen molar-refractivity contribution in [1.82, 2.24) is 10.6 Å². The minimum atomic E-state index is -0.635. The largest absolute Gasteiger partial charge is 0.496 e. The molecule has 0 aliphatic rings. The molecule has 1 atom stereocenters. The summed E-state index contributed by atoms with van der Waals surface area (Å²) in [5, 5.41) is 5.71. The van der Waals surface area contributed by atoms with Crippen molar-refractivity contribution in [3.05, 3.63) is 64.1 Å². The summed E-state index contributed by atoms with van der Waals surface area (Å²) in [5.74, 6) is 0.139. The van der Waals surface area contributed by atoms with E-state index < -0.39 is 6.04 Å². The van der Waals surface area contributed by atoms with Gasteiger partial charge in [0, 0.05) is 16.6 Å². The molecule has 0 radical (unpaired) electrons. The minimum Gasteiger partial charge on any atom is -0.496 e. The molecule has 0 heterocycles. The number of hydrogen-bond acceptors (Lipinski definition) is 3. The third-order valence-corrected chi connectivity index (χ3v) is 4.69. The summed E-state index contributed by atoms with van der Waals surface area (Å²) in [6, 6.07) is 14.0. The van der Waals surface area contributed by atoms with E-state index in [2.05, 4.69) is 26.6 Å². The van der Waals surface area contributed by atoms with Crippen LogP contribution < -0.4 is 15.4 Å². The Kier molecular flexibility index (Phi) is 7.21. The summed E-state index contributed by atoms with van der Waals surface area (Å²) >= 11 is 3.36. The predicted molar refractivity (Wildman–Crippen MR) is 105 cm³/mol. The lowest BCUT2D eigenvalue weighted by atomic mass is 10.0. The van der Waals surface area contributed by atoms with Gasteiger partial charge in [-0.3, -0.25) is 9.59 Å². The topological polar surface area (TPSA) is 67.4 Å². The zero-order chi connectivity index (χ0) is 19.1. The van der Waals surface area contributed by atoms with Crippen LogP contribution in [-0.2, 0) is 11.3 Å². The lowest BCUT2D eigenvalue weighted by molar-refractivity contribution is -0.124. The highest BCUT2D eigenvalue weighted by Gasteiger charge is 2.25. The maximum atomic E-state index is 12.6. The quantitative estimate of drug-likeness (QED) is 0.722. The van der Waals surface area contributed by atoms with E-state index in [1.165, 1.54) is 0 Å². The maximum Gasteiger partial charge on any atom is 0.253 e. The molecule has 2 aromatic carbocycles. The summed E-state index contributed by atoms with van der Waals surface area (Å²) in [4.78, 5) is 25.1. The van der Waals surface area contributed by atoms with Crippen LogP contribution in [0.1, 0.15) is 29.8 Å². The van der Waals surface area contributed by atoms with Crippen LogP contribution in [0.2, 0.25) is 0 Å². The van der Waals surface area contributed by atoms with Crippen molar-refractivity contribution in [2.75, 3.05) is 7.11 Å². The number of carbonyl (C=O) groups excluding carboxylic acids is 2. The van der Waals surface area contributed by atoms with Crippen LogP contribution in [0.3, 0.4) is 0 Å². The SMILES string of the molecule is COc1ccccc1CNC(=O)[C@H](NC(=O)c1ccccc1Br)C(C)C. The van der Waals surface area contributed by atoms with Gasteiger partial charge >= 0.3 is 0 Å². The van der Waals surface area contributed by atoms with Gasteiger partial charge in [-0.25, -0.2) is 0 Å². The number of halogens is 1. The molecule has 0 fully saturated rings. The van der Waals surface area contributed by atoms with Crippen molar-refractivity contribution in [1.29, 1.82) is 0 Å². The molecule has 26 heavy (non-hydrogen) atoms. The highest BCUT2D eigenvalue weighted by molar-refractivity contribution is 9.10. The van der Waals surface area contributed by atoms with Gasteiger partial charge in [0.2, 0.25) is 5.91 Å². The molecule has 0 saturated carbocycles. The Morgan fingerprint density at radius 2 is 1.73 bits per heavy atom. The number of para-hydroxylation sites is 1. The normalized spacial score (nSPS) is 11.7. The van der Waals surface area contributed by atoms with Gasteiger partial charge in [0.1, 0.15) is 11.8 Å². The predicted octanol–water partition coefficient (Wildman–Crippen LogP) is 3.53. The molecule has 0 unspecified atom stereocenters. The first-order chi connectivity index (χ1) is 12.4. The Labute approximate surface area is 162 Å². The van der Waals surface area contributed by atoms with Crippen molar-refractivity contribution in [2.24, 2.45) is 5.92 Å². The van der Waals surface area contributed by atoms with E-state index in [1.807, 2.05) is 44.2 Å². The summed E-state index contributed by atoms with van der Waals surface area (Å²) < 4.78 is 5.98. The van der Waals surface area contributed by atoms with Gasteiger partial charge in [0.25, 0.3) is 5.91 Å². The van der Waals surface area contributed by atoms with E-state index in [1.54, 1.807) is 25.3 Å². The van der Waals surface area contributed by atoms with Crippen LogP contribution in [0, 0.1) is 5.92 Å². The molecular weight excluding hydrogens is 396 g/mol. The van der Waals surface area contributed by atoms with Crippen LogP contribution in [0.15, 0.2) is 53.0 Å². The van der Waals surface area contributed by atoms with Crippen molar-refractivity contribution in [2.45, 2.75) is 26.4 Å². The molecule has 2 aromatic rings. The zero-order valence-corrected chi connectivity index (χ0v) is 16.7. The number of amides is 2. The second-order valence-electron chi connectivity index (χ2n) is 6.20. The molecule has 138 valence electrons. The van der Waals surface area contributed by atoms with Crippen molar-refractivity contribution >= 4 is 27.7 Å². The molecule has 0 aliphatic heterocycles. The number of carbonyl (C=O) groups is 2. The first kappa shape index (κ1) is 20.0. The van der Waals surface area contributed by atoms with E-state index in [0.717, 1.165) is 5.56 Å². The second kappa shape index (κ2) is 9.38. The zero-order valence-electron chi connectivity index (χ0n) is 15.1. The molecule has 0 aromatic heterocycles. The van der Waals surface area contributed by atoms with E-state index in [9.17, 15) is 9.59 Å². The molecule has 0 aliphatic carbocycles. The third-order valence-electron chi connectivity index (χ3n) is 4.00. The number of benzene rings is 2. The lowest BCUT2D eigenvalue weighted by Gasteiger charge is -2.22. The summed E-state index contributed by atoms with van der Waals surface area (Å²) in [6.07, 6.45) is 0. The smallest absolute Gasteiger partial charge is 0.253 e. The molecule has 0 spiro atoms. The molecule has 2 N–H and O–H groups in total. The van der Waals surface area contributed by atoms with Gasteiger partial charge in [0.05, 0.1) is 12.7 Å². The Bertz CT molecular complexity index is 777. The van der Waals surface area contributed by atoms with Crippen molar-refractivity contribution < 1.29 is 14.3 Å². The van der Waals surface area contributed by atoms with Crippen LogP contribution >= 0.6 is 15.9 Å². The lowest BCUT2D eigenvalue weighted by Crippen LogP contribution is -2.49. The van der Waals surface area contributed by atoms with Crippen molar-refractivity contribution in [3.8, 4) is 5.75 Å². The van der Waals surface area contributed by atoms with Crippen LogP contribution in [0.25, 0.3) is 0 Å². The van der Waals surface area contributed by atoms with Gasteiger partial charge in [-0.2, -0.15) is 0 Å². The maximum absolute atomic E-state index is 12.6. The fraction of sp³-hybridized carbons (Fsp3) is 0.300. The minimum absolute atomic E-state index is 0.0564. The number of methoxy groups -OCH3 is 1. The van der Waals surface area contributed by atoms with Crippen molar-refractivity contribution in [3.63, 3.8) is 0 Å². The average molecular weight is 419 g/mol. The highest BCUT2D eigenvalue weighted by atomic mass is 79.9. The Hall–Kier alpha value is -2.34. The monoisotopic (exact) mass is 418 g/mol. The van der Waals surface area contributed by atoms with E-state index in [0.29, 0.717) is 22.3 Å². The van der Waals surface area contributed by atoms with E-state index in [-0.39, 0.29) is 17.7 Å². The standard InChI is InChI=1S/C20H23BrN2O3/c1-13(2)18(23-19(24)15-9-5-6-10-16(15)21)20(25)22-12-14-8-4-7-11-17(14)26-3/h4-11,13,18H,12H2,1-3H3,(H,22,25)(H,23,24)/t18-/m1/s1. The number of rotatable bonds is 7. The van der Waals surface area contributed by atoms with Gasteiger partial charge in [-0.05, 0) is 40.0 Å². The molecule has 2 amide bonds. The average Bonchev–Trinajstić information content (AvgIpc) is 2.64. The highest BCUT2D eigenvalue weighted by Crippen LogP contribution is 2.18. The summed E-state index contributed by atoms with van der Waals surface area (Å²) in [6.45, 7) is 4.12. The molecule has 0 saturated heterocycles. The van der Waals surface area contributed by atoms with Gasteiger partial charge in [-0.1, -0.05) is 44.2 Å². The molecular formula is C20H23BrN2O3. The van der Waals surface area contributed by atoms with E-state index in [4.69, 9.17) is 4.74 Å². The number of ether oxygens (including phenoxy) is 1. The fourth-order valence-electron chi connectivity index (χ4n) is 2.54. The first-order valence-electron chi connectivity index (χ1n) is 8.39. The van der Waals surface area contributed by atoms with Crippen LogP contribution in [0.5, 0.6) is 5.75 Å². The van der Waals surface area contributed by atoms with E-state index >= 15 is 0 Å². The molecule has 0 bridgehead atoms. The van der Waals surface area contributed by atoms with Crippen LogP contribution in [-0.4, -0.2) is 25.0 Å². The molecule has 2 rings (SSSR count). The Morgan fingerprint density at radius 3 is 2.38 bits per heavy atom. The summed E-state index contributed by atoms with van der Waals surface area (Å²) in [7, 11) is 1.59. The molecule has 6 heteroatoms. The number of hydrogen-bond donors (Lipinski definition) is 2. The second-order valence-corrected chi connectivity index (χ2v) is 7.06. The number of nitrogens with one attached hydrogen (secondary N) is 2. The Morgan fingerprint density at radius 1 is 1.08 bits per heavy atom. The van der Waals surface area contributed by atoms with Gasteiger partial charge in [-0.15, -0.1) is 0 Å². The van der Waals surface area contributed by atoms with Gasteiger partial charge < -0.3 is 15.4 Å². The molecule has 5 nitrogen and oxygen atoms in total.